The summed E-state index contributed by atoms with van der Waals surface area (Å²) >= 11 is 0. The second kappa shape index (κ2) is 7.12. The molecule has 1 N–H and O–H groups in total. The van der Waals surface area contributed by atoms with Gasteiger partial charge in [0.2, 0.25) is 5.76 Å². The molecular formula is C20H12F6N4O3. The Morgan fingerprint density at radius 2 is 1.91 bits per heavy atom. The van der Waals surface area contributed by atoms with Crippen LogP contribution in [0.4, 0.5) is 26.3 Å². The van der Waals surface area contributed by atoms with Gasteiger partial charge in [0.15, 0.2) is 12.1 Å². The van der Waals surface area contributed by atoms with Crippen molar-refractivity contribution in [3.8, 4) is 0 Å². The van der Waals surface area contributed by atoms with Gasteiger partial charge in [0.05, 0.1) is 17.6 Å². The molecule has 1 aromatic carbocycles. The number of carbonyl (C=O) groups excluding carboxylic acids is 1. The van der Waals surface area contributed by atoms with Gasteiger partial charge in [0.1, 0.15) is 17.4 Å². The molecule has 1 aliphatic heterocycles. The second-order valence-corrected chi connectivity index (χ2v) is 7.32. The van der Waals surface area contributed by atoms with Crippen molar-refractivity contribution in [1.29, 1.82) is 0 Å². The van der Waals surface area contributed by atoms with E-state index in [1.165, 1.54) is 24.5 Å². The first-order valence-electron chi connectivity index (χ1n) is 9.49. The molecule has 0 saturated carbocycles. The van der Waals surface area contributed by atoms with Crippen LogP contribution in [-0.2, 0) is 18.8 Å². The molecule has 4 aromatic rings. The number of rotatable bonds is 2. The van der Waals surface area contributed by atoms with Gasteiger partial charge in [-0.15, -0.1) is 0 Å². The zero-order valence-corrected chi connectivity index (χ0v) is 16.3. The molecule has 0 unspecified atom stereocenters. The smallest absolute Gasteiger partial charge is 0.437 e. The van der Waals surface area contributed by atoms with E-state index in [4.69, 9.17) is 8.83 Å². The Morgan fingerprint density at radius 1 is 1.12 bits per heavy atom. The van der Waals surface area contributed by atoms with Crippen LogP contribution in [0.3, 0.4) is 0 Å². The fourth-order valence-corrected chi connectivity index (χ4v) is 3.95. The molecule has 1 atom stereocenters. The minimum absolute atomic E-state index is 0.0696. The Balaban J connectivity index is 1.64. The largest absolute Gasteiger partial charge is 0.458 e. The maximum Gasteiger partial charge on any atom is 0.437 e. The average molecular weight is 470 g/mol. The number of hydrogen-bond donors (Lipinski definition) is 1. The lowest BCUT2D eigenvalue weighted by Gasteiger charge is -2.33. The highest BCUT2D eigenvalue weighted by molar-refractivity contribution is 5.93. The summed E-state index contributed by atoms with van der Waals surface area (Å²) in [7, 11) is 0. The number of halogens is 6. The van der Waals surface area contributed by atoms with E-state index in [-0.39, 0.29) is 29.8 Å². The molecule has 0 fully saturated rings. The van der Waals surface area contributed by atoms with E-state index >= 15 is 0 Å². The number of amides is 1. The number of nitrogens with zero attached hydrogens (tertiary/aromatic N) is 3. The molecule has 0 aliphatic carbocycles. The van der Waals surface area contributed by atoms with E-state index in [0.717, 1.165) is 11.0 Å². The number of carbonyl (C=O) groups is 1. The Bertz CT molecular complexity index is 1350. The number of hydrogen-bond acceptors (Lipinski definition) is 5. The molecule has 0 spiro atoms. The molecule has 4 heterocycles. The number of nitrogens with one attached hydrogen (secondary N) is 1. The van der Waals surface area contributed by atoms with Crippen LogP contribution in [0.5, 0.6) is 0 Å². The van der Waals surface area contributed by atoms with Crippen molar-refractivity contribution in [2.24, 2.45) is 0 Å². The van der Waals surface area contributed by atoms with Crippen LogP contribution in [-0.4, -0.2) is 32.3 Å². The molecule has 33 heavy (non-hydrogen) atoms. The number of fused-ring (bicyclic) bond motifs is 2. The molecule has 7 nitrogen and oxygen atoms in total. The first-order valence-corrected chi connectivity index (χ1v) is 9.49. The van der Waals surface area contributed by atoms with Gasteiger partial charge in [-0.3, -0.25) is 4.79 Å². The van der Waals surface area contributed by atoms with Crippen LogP contribution in [0.25, 0.3) is 11.0 Å². The standard InChI is InChI=1S/C20H12F6N4O3/c21-19(22,23)10-3-1-2-9-6-12(33-15(9)10)14-13-11(27-7-28-13)4-5-30(14)18(31)16-17(20(24,25)26)29-8-32-16/h1-3,6-8,14H,4-5H2,(H,27,28)/t14-/m1/s1. The number of para-hydroxylation sites is 1. The second-order valence-electron chi connectivity index (χ2n) is 7.32. The van der Waals surface area contributed by atoms with Crippen molar-refractivity contribution in [1.82, 2.24) is 19.9 Å². The van der Waals surface area contributed by atoms with Crippen LogP contribution in [0.15, 0.2) is 45.8 Å². The van der Waals surface area contributed by atoms with Gasteiger partial charge >= 0.3 is 12.4 Å². The Labute approximate surface area is 180 Å². The summed E-state index contributed by atoms with van der Waals surface area (Å²) in [4.78, 5) is 24.2. The first-order chi connectivity index (χ1) is 15.6. The Hall–Kier alpha value is -3.77. The fourth-order valence-electron chi connectivity index (χ4n) is 3.95. The summed E-state index contributed by atoms with van der Waals surface area (Å²) in [6.45, 7) is -0.0696. The van der Waals surface area contributed by atoms with E-state index in [9.17, 15) is 31.1 Å². The molecule has 0 radical (unpaired) electrons. The number of benzene rings is 1. The van der Waals surface area contributed by atoms with Crippen molar-refractivity contribution in [3.63, 3.8) is 0 Å². The lowest BCUT2D eigenvalue weighted by atomic mass is 9.99. The van der Waals surface area contributed by atoms with Crippen LogP contribution in [0, 0.1) is 0 Å². The molecule has 0 saturated heterocycles. The molecule has 13 heteroatoms. The third kappa shape index (κ3) is 3.43. The highest BCUT2D eigenvalue weighted by Gasteiger charge is 2.44. The lowest BCUT2D eigenvalue weighted by Crippen LogP contribution is -2.41. The van der Waals surface area contributed by atoms with Crippen LogP contribution in [0.1, 0.15) is 45.0 Å². The quantitative estimate of drug-likeness (QED) is 0.418. The SMILES string of the molecule is O=C(c1ocnc1C(F)(F)F)N1CCc2[nH]cnc2[C@H]1c1cc2cccc(C(F)(F)F)c2o1. The number of H-pyrrole nitrogens is 1. The predicted molar refractivity (Wildman–Crippen MR) is 97.9 cm³/mol. The van der Waals surface area contributed by atoms with E-state index in [2.05, 4.69) is 15.0 Å². The van der Waals surface area contributed by atoms with Crippen molar-refractivity contribution in [2.45, 2.75) is 24.8 Å². The number of alkyl halides is 6. The summed E-state index contributed by atoms with van der Waals surface area (Å²) in [5.41, 5.74) is -2.14. The maximum atomic E-state index is 13.4. The third-order valence-corrected chi connectivity index (χ3v) is 5.35. The summed E-state index contributed by atoms with van der Waals surface area (Å²) in [6.07, 6.45) is -7.59. The number of aromatic nitrogens is 3. The van der Waals surface area contributed by atoms with Crippen molar-refractivity contribution >= 4 is 16.9 Å². The number of aromatic amines is 1. The highest BCUT2D eigenvalue weighted by atomic mass is 19.4. The van der Waals surface area contributed by atoms with E-state index in [0.29, 0.717) is 12.1 Å². The van der Waals surface area contributed by atoms with Gasteiger partial charge < -0.3 is 18.7 Å². The molecule has 1 amide bonds. The van der Waals surface area contributed by atoms with Crippen LogP contribution < -0.4 is 0 Å². The number of furan rings is 1. The summed E-state index contributed by atoms with van der Waals surface area (Å²) in [6, 6.07) is 3.58. The topological polar surface area (TPSA) is 88.2 Å². The van der Waals surface area contributed by atoms with Gasteiger partial charge in [-0.05, 0) is 12.1 Å². The molecule has 5 rings (SSSR count). The van der Waals surface area contributed by atoms with Crippen molar-refractivity contribution in [3.05, 3.63) is 71.2 Å². The predicted octanol–water partition coefficient (Wildman–Crippen LogP) is 4.97. The summed E-state index contributed by atoms with van der Waals surface area (Å²) in [5.74, 6) is -2.26. The van der Waals surface area contributed by atoms with Gasteiger partial charge in [-0.25, -0.2) is 9.97 Å². The Kier molecular flexibility index (Phi) is 4.55. The fraction of sp³-hybridized carbons (Fsp3) is 0.250. The third-order valence-electron chi connectivity index (χ3n) is 5.35. The summed E-state index contributed by atoms with van der Waals surface area (Å²) < 4.78 is 90.5. The van der Waals surface area contributed by atoms with Gasteiger partial charge in [0, 0.05) is 24.0 Å². The summed E-state index contributed by atoms with van der Waals surface area (Å²) in [5, 5.41) is 0.116. The van der Waals surface area contributed by atoms with Crippen molar-refractivity contribution in [2.75, 3.05) is 6.54 Å². The highest BCUT2D eigenvalue weighted by Crippen LogP contribution is 2.41. The van der Waals surface area contributed by atoms with Crippen LogP contribution >= 0.6 is 0 Å². The zero-order chi connectivity index (χ0) is 23.5. The molecule has 172 valence electrons. The first kappa shape index (κ1) is 21.1. The minimum Gasteiger partial charge on any atom is -0.458 e. The normalized spacial score (nSPS) is 16.9. The molecular weight excluding hydrogens is 458 g/mol. The number of imidazole rings is 1. The van der Waals surface area contributed by atoms with E-state index in [1.54, 1.807) is 0 Å². The minimum atomic E-state index is -4.94. The molecule has 1 aliphatic rings. The average Bonchev–Trinajstić information content (AvgIpc) is 3.49. The number of oxazole rings is 1. The van der Waals surface area contributed by atoms with Gasteiger partial charge in [-0.2, -0.15) is 26.3 Å². The van der Waals surface area contributed by atoms with Crippen LogP contribution in [0.2, 0.25) is 0 Å². The van der Waals surface area contributed by atoms with E-state index < -0.39 is 46.9 Å². The van der Waals surface area contributed by atoms with Gasteiger partial charge in [-0.1, -0.05) is 12.1 Å². The monoisotopic (exact) mass is 470 g/mol. The lowest BCUT2D eigenvalue weighted by molar-refractivity contribution is -0.141. The molecule has 3 aromatic heterocycles. The zero-order valence-electron chi connectivity index (χ0n) is 16.3. The van der Waals surface area contributed by atoms with E-state index in [1.807, 2.05) is 0 Å². The van der Waals surface area contributed by atoms with Gasteiger partial charge in [0.25, 0.3) is 5.91 Å². The molecule has 0 bridgehead atoms. The maximum absolute atomic E-state index is 13.4. The van der Waals surface area contributed by atoms with Crippen molar-refractivity contribution < 1.29 is 40.0 Å². The Morgan fingerprint density at radius 3 is 2.64 bits per heavy atom.